The molecule has 1 aromatic rings. The maximum atomic E-state index is 11.9. The van der Waals surface area contributed by atoms with E-state index in [1.165, 1.54) is 0 Å². The van der Waals surface area contributed by atoms with Crippen LogP contribution >= 0.6 is 0 Å². The van der Waals surface area contributed by atoms with E-state index in [1.54, 1.807) is 23.1 Å². The Bertz CT molecular complexity index is 493. The Kier molecular flexibility index (Phi) is 4.04. The van der Waals surface area contributed by atoms with Gasteiger partial charge in [0.25, 0.3) is 5.91 Å². The summed E-state index contributed by atoms with van der Waals surface area (Å²) in [6.45, 7) is 3.53. The molecule has 5 heteroatoms. The lowest BCUT2D eigenvalue weighted by Crippen LogP contribution is -2.38. The predicted octanol–water partition coefficient (Wildman–Crippen LogP) is 0.929. The molecule has 1 fully saturated rings. The van der Waals surface area contributed by atoms with Crippen LogP contribution in [0.1, 0.15) is 28.8 Å². The lowest BCUT2D eigenvalue weighted by molar-refractivity contribution is -0.129. The highest BCUT2D eigenvalue weighted by Crippen LogP contribution is 2.12. The van der Waals surface area contributed by atoms with Crippen molar-refractivity contribution in [1.29, 1.82) is 0 Å². The Morgan fingerprint density at radius 2 is 2.00 bits per heavy atom. The molecular weight excluding hydrogens is 242 g/mol. The van der Waals surface area contributed by atoms with Gasteiger partial charge < -0.3 is 16.0 Å². The number of anilines is 1. The second kappa shape index (κ2) is 5.73. The highest BCUT2D eigenvalue weighted by molar-refractivity contribution is 5.97. The number of nitrogens with one attached hydrogen (secondary N) is 1. The third kappa shape index (κ3) is 3.24. The third-order valence-electron chi connectivity index (χ3n) is 3.40. The maximum absolute atomic E-state index is 11.9. The molecule has 0 atom stereocenters. The molecule has 0 radical (unpaired) electrons. The zero-order valence-electron chi connectivity index (χ0n) is 11.1. The molecule has 3 N–H and O–H groups in total. The molecule has 0 saturated carbocycles. The lowest BCUT2D eigenvalue weighted by Gasteiger charge is -2.15. The summed E-state index contributed by atoms with van der Waals surface area (Å²) in [6, 6.07) is 5.14. The zero-order chi connectivity index (χ0) is 13.8. The molecule has 0 spiro atoms. The van der Waals surface area contributed by atoms with Crippen LogP contribution in [0.2, 0.25) is 0 Å². The molecule has 102 valence electrons. The topological polar surface area (TPSA) is 75.4 Å². The molecule has 1 saturated heterocycles. The standard InChI is InChI=1S/C14H19N3O2/c1-10-4-5-11(8-12(10)15)14(19)16-9-13(18)17-6-2-3-7-17/h4-5,8H,2-3,6-7,9,15H2,1H3,(H,16,19). The van der Waals surface area contributed by atoms with Crippen LogP contribution in [0, 0.1) is 6.92 Å². The molecular formula is C14H19N3O2. The number of nitrogens with zero attached hydrogens (tertiary/aromatic N) is 1. The smallest absolute Gasteiger partial charge is 0.251 e. The van der Waals surface area contributed by atoms with Gasteiger partial charge in [-0.25, -0.2) is 0 Å². The third-order valence-corrected chi connectivity index (χ3v) is 3.40. The number of aryl methyl sites for hydroxylation is 1. The van der Waals surface area contributed by atoms with Gasteiger partial charge in [0.2, 0.25) is 5.91 Å². The first-order chi connectivity index (χ1) is 9.08. The summed E-state index contributed by atoms with van der Waals surface area (Å²) in [4.78, 5) is 25.5. The molecule has 1 aromatic carbocycles. The number of benzene rings is 1. The lowest BCUT2D eigenvalue weighted by atomic mass is 10.1. The molecule has 0 unspecified atom stereocenters. The van der Waals surface area contributed by atoms with Crippen LogP contribution in [0.25, 0.3) is 0 Å². The number of hydrogen-bond acceptors (Lipinski definition) is 3. The van der Waals surface area contributed by atoms with Crippen molar-refractivity contribution in [1.82, 2.24) is 10.2 Å². The van der Waals surface area contributed by atoms with E-state index in [1.807, 2.05) is 6.92 Å². The first-order valence-corrected chi connectivity index (χ1v) is 6.50. The summed E-state index contributed by atoms with van der Waals surface area (Å²) in [5, 5.41) is 2.64. The van der Waals surface area contributed by atoms with E-state index in [0.29, 0.717) is 11.3 Å². The number of amides is 2. The first kappa shape index (κ1) is 13.4. The summed E-state index contributed by atoms with van der Waals surface area (Å²) in [5.41, 5.74) is 7.76. The maximum Gasteiger partial charge on any atom is 0.251 e. The van der Waals surface area contributed by atoms with Crippen LogP contribution < -0.4 is 11.1 Å². The molecule has 5 nitrogen and oxygen atoms in total. The Balaban J connectivity index is 1.90. The van der Waals surface area contributed by atoms with Crippen molar-refractivity contribution in [2.45, 2.75) is 19.8 Å². The number of rotatable bonds is 3. The quantitative estimate of drug-likeness (QED) is 0.795. The molecule has 2 rings (SSSR count). The highest BCUT2D eigenvalue weighted by atomic mass is 16.2. The summed E-state index contributed by atoms with van der Waals surface area (Å²) >= 11 is 0. The molecule has 1 aliphatic rings. The minimum atomic E-state index is -0.265. The number of nitrogen functional groups attached to an aromatic ring is 1. The summed E-state index contributed by atoms with van der Waals surface area (Å²) in [7, 11) is 0. The highest BCUT2D eigenvalue weighted by Gasteiger charge is 2.18. The van der Waals surface area contributed by atoms with Crippen LogP contribution in [0.4, 0.5) is 5.69 Å². The van der Waals surface area contributed by atoms with E-state index in [-0.39, 0.29) is 18.4 Å². The summed E-state index contributed by atoms with van der Waals surface area (Å²) in [6.07, 6.45) is 2.10. The van der Waals surface area contributed by atoms with Gasteiger partial charge in [-0.2, -0.15) is 0 Å². The fraction of sp³-hybridized carbons (Fsp3) is 0.429. The molecule has 1 heterocycles. The van der Waals surface area contributed by atoms with Gasteiger partial charge in [0.05, 0.1) is 6.54 Å². The largest absolute Gasteiger partial charge is 0.398 e. The Morgan fingerprint density at radius 1 is 1.32 bits per heavy atom. The van der Waals surface area contributed by atoms with Gasteiger partial charge in [-0.15, -0.1) is 0 Å². The van der Waals surface area contributed by atoms with Gasteiger partial charge in [-0.05, 0) is 37.5 Å². The predicted molar refractivity (Wildman–Crippen MR) is 73.7 cm³/mol. The van der Waals surface area contributed by atoms with Crippen molar-refractivity contribution in [3.05, 3.63) is 29.3 Å². The molecule has 0 bridgehead atoms. The van der Waals surface area contributed by atoms with Gasteiger partial charge in [0.1, 0.15) is 0 Å². The minimum absolute atomic E-state index is 0.0223. The van der Waals surface area contributed by atoms with E-state index < -0.39 is 0 Å². The SMILES string of the molecule is Cc1ccc(C(=O)NCC(=O)N2CCCC2)cc1N. The number of carbonyl (C=O) groups excluding carboxylic acids is 2. The van der Waals surface area contributed by atoms with Crippen molar-refractivity contribution >= 4 is 17.5 Å². The first-order valence-electron chi connectivity index (χ1n) is 6.50. The van der Waals surface area contributed by atoms with Crippen LogP contribution in [0.15, 0.2) is 18.2 Å². The Hall–Kier alpha value is -2.04. The van der Waals surface area contributed by atoms with Crippen molar-refractivity contribution in [3.8, 4) is 0 Å². The average Bonchev–Trinajstić information content (AvgIpc) is 2.92. The average molecular weight is 261 g/mol. The van der Waals surface area contributed by atoms with Crippen molar-refractivity contribution in [2.75, 3.05) is 25.4 Å². The molecule has 0 aromatic heterocycles. The molecule has 19 heavy (non-hydrogen) atoms. The van der Waals surface area contributed by atoms with E-state index in [9.17, 15) is 9.59 Å². The van der Waals surface area contributed by atoms with Crippen LogP contribution in [0.5, 0.6) is 0 Å². The number of carbonyl (C=O) groups is 2. The number of nitrogens with two attached hydrogens (primary N) is 1. The fourth-order valence-corrected chi connectivity index (χ4v) is 2.12. The van der Waals surface area contributed by atoms with Gasteiger partial charge >= 0.3 is 0 Å². The van der Waals surface area contributed by atoms with Crippen LogP contribution in [0.3, 0.4) is 0 Å². The Morgan fingerprint density at radius 3 is 2.63 bits per heavy atom. The minimum Gasteiger partial charge on any atom is -0.398 e. The van der Waals surface area contributed by atoms with E-state index in [2.05, 4.69) is 5.32 Å². The Labute approximate surface area is 112 Å². The zero-order valence-corrected chi connectivity index (χ0v) is 11.1. The fourth-order valence-electron chi connectivity index (χ4n) is 2.12. The van der Waals surface area contributed by atoms with Crippen molar-refractivity contribution in [3.63, 3.8) is 0 Å². The second-order valence-corrected chi connectivity index (χ2v) is 4.84. The molecule has 1 aliphatic heterocycles. The van der Waals surface area contributed by atoms with Gasteiger partial charge in [0, 0.05) is 24.3 Å². The van der Waals surface area contributed by atoms with E-state index in [0.717, 1.165) is 31.5 Å². The van der Waals surface area contributed by atoms with Gasteiger partial charge in [0.15, 0.2) is 0 Å². The van der Waals surface area contributed by atoms with Crippen molar-refractivity contribution in [2.24, 2.45) is 0 Å². The monoisotopic (exact) mass is 261 g/mol. The summed E-state index contributed by atoms with van der Waals surface area (Å²) < 4.78 is 0. The van der Waals surface area contributed by atoms with E-state index in [4.69, 9.17) is 5.73 Å². The molecule has 0 aliphatic carbocycles. The van der Waals surface area contributed by atoms with E-state index >= 15 is 0 Å². The van der Waals surface area contributed by atoms with Gasteiger partial charge in [-0.3, -0.25) is 9.59 Å². The normalized spacial score (nSPS) is 14.5. The second-order valence-electron chi connectivity index (χ2n) is 4.84. The van der Waals surface area contributed by atoms with Crippen LogP contribution in [-0.2, 0) is 4.79 Å². The summed E-state index contributed by atoms with van der Waals surface area (Å²) in [5.74, 6) is -0.287. The van der Waals surface area contributed by atoms with Crippen molar-refractivity contribution < 1.29 is 9.59 Å². The number of hydrogen-bond donors (Lipinski definition) is 2. The molecule has 2 amide bonds. The van der Waals surface area contributed by atoms with Gasteiger partial charge in [-0.1, -0.05) is 6.07 Å². The van der Waals surface area contributed by atoms with Crippen LogP contribution in [-0.4, -0.2) is 36.3 Å². The number of likely N-dealkylation sites (tertiary alicyclic amines) is 1.